The maximum Gasteiger partial charge on any atom is 0.471 e. The largest absolute Gasteiger partial charge is 0.471 e. The molecule has 1 fully saturated rings. The van der Waals surface area contributed by atoms with Crippen molar-refractivity contribution in [1.29, 1.82) is 0 Å². The molecule has 3 rings (SSSR count). The molecule has 5 nitrogen and oxygen atoms in total. The Morgan fingerprint density at radius 1 is 1.19 bits per heavy atom. The third-order valence-electron chi connectivity index (χ3n) is 4.79. The second-order valence-electron chi connectivity index (χ2n) is 6.66. The van der Waals surface area contributed by atoms with Gasteiger partial charge in [-0.15, -0.1) is 0 Å². The number of aromatic nitrogens is 2. The summed E-state index contributed by atoms with van der Waals surface area (Å²) in [4.78, 5) is 15.7. The van der Waals surface area contributed by atoms with Gasteiger partial charge in [0.05, 0.1) is 0 Å². The van der Waals surface area contributed by atoms with Crippen LogP contribution in [0.1, 0.15) is 55.3 Å². The first-order valence-corrected chi connectivity index (χ1v) is 8.67. The number of hydrogen-bond donors (Lipinski definition) is 1. The zero-order valence-electron chi connectivity index (χ0n) is 14.3. The lowest BCUT2D eigenvalue weighted by Crippen LogP contribution is -2.38. The highest BCUT2D eigenvalue weighted by atomic mass is 19.4. The van der Waals surface area contributed by atoms with Crippen molar-refractivity contribution in [2.75, 3.05) is 0 Å². The molecule has 1 atom stereocenters. The van der Waals surface area contributed by atoms with Gasteiger partial charge in [0.2, 0.25) is 5.82 Å². The Morgan fingerprint density at radius 2 is 1.85 bits per heavy atom. The first-order chi connectivity index (χ1) is 12.3. The van der Waals surface area contributed by atoms with Gasteiger partial charge in [0.25, 0.3) is 5.91 Å². The molecule has 1 aromatic heterocycles. The van der Waals surface area contributed by atoms with Gasteiger partial charge in [0.1, 0.15) is 0 Å². The van der Waals surface area contributed by atoms with Crippen LogP contribution in [-0.4, -0.2) is 22.1 Å². The van der Waals surface area contributed by atoms with Gasteiger partial charge >= 0.3 is 12.1 Å². The monoisotopic (exact) mass is 367 g/mol. The number of rotatable bonds is 4. The predicted molar refractivity (Wildman–Crippen MR) is 88.2 cm³/mol. The Bertz CT molecular complexity index is 750. The van der Waals surface area contributed by atoms with Crippen molar-refractivity contribution in [3.63, 3.8) is 0 Å². The summed E-state index contributed by atoms with van der Waals surface area (Å²) in [5.41, 5.74) is 0.789. The van der Waals surface area contributed by atoms with E-state index in [1.54, 1.807) is 12.1 Å². The normalized spacial score (nSPS) is 17.1. The lowest BCUT2D eigenvalue weighted by atomic mass is 9.84. The smallest absolute Gasteiger partial charge is 0.349 e. The van der Waals surface area contributed by atoms with Crippen molar-refractivity contribution in [3.05, 3.63) is 35.7 Å². The van der Waals surface area contributed by atoms with Gasteiger partial charge in [-0.2, -0.15) is 18.2 Å². The van der Waals surface area contributed by atoms with Gasteiger partial charge in [0, 0.05) is 17.2 Å². The van der Waals surface area contributed by atoms with Crippen molar-refractivity contribution in [1.82, 2.24) is 15.5 Å². The summed E-state index contributed by atoms with van der Waals surface area (Å²) in [7, 11) is 0. The van der Waals surface area contributed by atoms with Gasteiger partial charge in [0.15, 0.2) is 0 Å². The summed E-state index contributed by atoms with van der Waals surface area (Å²) in [6.07, 6.45) is 1.22. The van der Waals surface area contributed by atoms with Crippen molar-refractivity contribution in [2.45, 2.75) is 51.2 Å². The van der Waals surface area contributed by atoms with E-state index in [2.05, 4.69) is 20.0 Å². The molecule has 0 saturated heterocycles. The van der Waals surface area contributed by atoms with E-state index in [1.807, 2.05) is 6.92 Å². The zero-order chi connectivity index (χ0) is 18.7. The minimum absolute atomic E-state index is 0.0917. The van der Waals surface area contributed by atoms with E-state index in [9.17, 15) is 18.0 Å². The van der Waals surface area contributed by atoms with Gasteiger partial charge in [-0.3, -0.25) is 4.79 Å². The number of alkyl halides is 3. The molecule has 1 heterocycles. The summed E-state index contributed by atoms with van der Waals surface area (Å²) in [5.74, 6) is -1.26. The fourth-order valence-electron chi connectivity index (χ4n) is 3.27. The Balaban J connectivity index is 1.65. The van der Waals surface area contributed by atoms with Crippen molar-refractivity contribution in [3.8, 4) is 11.4 Å². The highest BCUT2D eigenvalue weighted by Crippen LogP contribution is 2.29. The van der Waals surface area contributed by atoms with Crippen LogP contribution in [0.2, 0.25) is 0 Å². The van der Waals surface area contributed by atoms with Gasteiger partial charge in [-0.05, 0) is 37.8 Å². The molecule has 1 unspecified atom stereocenters. The molecule has 8 heteroatoms. The number of hydrogen-bond acceptors (Lipinski definition) is 4. The molecule has 0 aliphatic heterocycles. The molecule has 1 N–H and O–H groups in total. The second kappa shape index (κ2) is 7.47. The maximum absolute atomic E-state index is 12.5. The summed E-state index contributed by atoms with van der Waals surface area (Å²) >= 11 is 0. The number of halogens is 3. The van der Waals surface area contributed by atoms with E-state index in [1.165, 1.54) is 31.4 Å². The molecule has 1 amide bonds. The highest BCUT2D eigenvalue weighted by molar-refractivity contribution is 5.94. The second-order valence-corrected chi connectivity index (χ2v) is 6.66. The number of amides is 1. The first kappa shape index (κ1) is 18.4. The lowest BCUT2D eigenvalue weighted by molar-refractivity contribution is -0.159. The molecular weight excluding hydrogens is 347 g/mol. The Morgan fingerprint density at radius 3 is 2.42 bits per heavy atom. The molecule has 140 valence electrons. The maximum atomic E-state index is 12.5. The lowest BCUT2D eigenvalue weighted by Gasteiger charge is -2.28. The van der Waals surface area contributed by atoms with Crippen LogP contribution in [0.5, 0.6) is 0 Å². The van der Waals surface area contributed by atoms with Crippen LogP contribution in [0.25, 0.3) is 11.4 Å². The molecular formula is C18H20F3N3O2. The van der Waals surface area contributed by atoms with Gasteiger partial charge in [-0.25, -0.2) is 0 Å². The molecule has 26 heavy (non-hydrogen) atoms. The van der Waals surface area contributed by atoms with Crippen LogP contribution < -0.4 is 5.32 Å². The van der Waals surface area contributed by atoms with Crippen molar-refractivity contribution in [2.24, 2.45) is 5.92 Å². The van der Waals surface area contributed by atoms with Crippen LogP contribution in [0.3, 0.4) is 0 Å². The molecule has 0 spiro atoms. The van der Waals surface area contributed by atoms with Gasteiger partial charge < -0.3 is 9.84 Å². The van der Waals surface area contributed by atoms with E-state index in [4.69, 9.17) is 0 Å². The Labute approximate surface area is 149 Å². The first-order valence-electron chi connectivity index (χ1n) is 8.67. The van der Waals surface area contributed by atoms with E-state index in [0.717, 1.165) is 12.8 Å². The standard InChI is InChI=1S/C18H20F3N3O2/c1-11(12-5-3-2-4-6-12)22-16(25)14-9-7-13(8-10-14)15-23-17(26-24-15)18(19,20)21/h7-12H,2-6H2,1H3,(H,22,25). The highest BCUT2D eigenvalue weighted by Gasteiger charge is 2.38. The number of nitrogens with zero attached hydrogens (tertiary/aromatic N) is 2. The van der Waals surface area contributed by atoms with E-state index in [-0.39, 0.29) is 17.8 Å². The van der Waals surface area contributed by atoms with Gasteiger partial charge in [-0.1, -0.05) is 36.6 Å². The van der Waals surface area contributed by atoms with Crippen LogP contribution in [0.4, 0.5) is 13.2 Å². The minimum atomic E-state index is -4.68. The average Bonchev–Trinajstić information content (AvgIpc) is 3.13. The fourth-order valence-corrected chi connectivity index (χ4v) is 3.27. The van der Waals surface area contributed by atoms with Crippen LogP contribution in [-0.2, 0) is 6.18 Å². The van der Waals surface area contributed by atoms with Crippen molar-refractivity contribution >= 4 is 5.91 Å². The summed E-state index contributed by atoms with van der Waals surface area (Å²) in [5, 5.41) is 6.34. The molecule has 1 aliphatic carbocycles. The third-order valence-corrected chi connectivity index (χ3v) is 4.79. The number of benzene rings is 1. The Kier molecular flexibility index (Phi) is 5.29. The molecule has 0 bridgehead atoms. The number of nitrogens with one attached hydrogen (secondary N) is 1. The van der Waals surface area contributed by atoms with E-state index >= 15 is 0 Å². The van der Waals surface area contributed by atoms with Crippen molar-refractivity contribution < 1.29 is 22.5 Å². The molecule has 1 saturated carbocycles. The SMILES string of the molecule is CC(NC(=O)c1ccc(-c2noc(C(F)(F)F)n2)cc1)C1CCCCC1. The van der Waals surface area contributed by atoms with E-state index < -0.39 is 12.1 Å². The van der Waals surface area contributed by atoms with Crippen LogP contribution in [0.15, 0.2) is 28.8 Å². The number of carbonyl (C=O) groups is 1. The van der Waals surface area contributed by atoms with Crippen LogP contribution >= 0.6 is 0 Å². The quantitative estimate of drug-likeness (QED) is 0.867. The topological polar surface area (TPSA) is 68.0 Å². The molecule has 0 radical (unpaired) electrons. The third kappa shape index (κ3) is 4.23. The summed E-state index contributed by atoms with van der Waals surface area (Å²) in [6, 6.07) is 6.19. The zero-order valence-corrected chi connectivity index (χ0v) is 14.3. The Hall–Kier alpha value is -2.38. The molecule has 1 aliphatic rings. The summed E-state index contributed by atoms with van der Waals surface area (Å²) in [6.45, 7) is 2.01. The molecule has 1 aromatic carbocycles. The van der Waals surface area contributed by atoms with E-state index in [0.29, 0.717) is 17.0 Å². The molecule has 2 aromatic rings. The van der Waals surface area contributed by atoms with Crippen LogP contribution in [0, 0.1) is 5.92 Å². The minimum Gasteiger partial charge on any atom is -0.349 e. The predicted octanol–water partition coefficient (Wildman–Crippen LogP) is 4.45. The average molecular weight is 367 g/mol. The fraction of sp³-hybridized carbons (Fsp3) is 0.500. The summed E-state index contributed by atoms with van der Waals surface area (Å²) < 4.78 is 41.8. The number of carbonyl (C=O) groups excluding carboxylic acids is 1.